The third-order valence-electron chi connectivity index (χ3n) is 3.28. The van der Waals surface area contributed by atoms with Crippen molar-refractivity contribution in [2.24, 2.45) is 5.92 Å². The molecule has 0 saturated heterocycles. The molecule has 1 rings (SSSR count). The van der Waals surface area contributed by atoms with Gasteiger partial charge < -0.3 is 15.7 Å². The Labute approximate surface area is 134 Å². The van der Waals surface area contributed by atoms with Crippen molar-refractivity contribution in [2.75, 3.05) is 6.67 Å². The molecule has 0 bridgehead atoms. The fraction of sp³-hybridized carbons (Fsp3) is 0.438. The minimum Gasteiger partial charge on any atom is -0.480 e. The third kappa shape index (κ3) is 5.36. The number of hydrogen-bond donors (Lipinski definition) is 3. The van der Waals surface area contributed by atoms with E-state index in [4.69, 9.17) is 5.11 Å². The zero-order valence-corrected chi connectivity index (χ0v) is 13.3. The van der Waals surface area contributed by atoms with Crippen LogP contribution < -0.4 is 10.6 Å². The fourth-order valence-electron chi connectivity index (χ4n) is 1.97. The van der Waals surface area contributed by atoms with E-state index in [1.54, 1.807) is 32.0 Å². The summed E-state index contributed by atoms with van der Waals surface area (Å²) in [6.07, 6.45) is 0. The van der Waals surface area contributed by atoms with Crippen molar-refractivity contribution in [1.29, 1.82) is 0 Å². The molecule has 126 valence electrons. The number of halogens is 1. The van der Waals surface area contributed by atoms with Crippen LogP contribution in [-0.2, 0) is 9.59 Å². The smallest absolute Gasteiger partial charge is 0.328 e. The first-order valence-corrected chi connectivity index (χ1v) is 7.23. The molecule has 0 spiro atoms. The molecule has 3 N–H and O–H groups in total. The molecule has 0 aliphatic rings. The van der Waals surface area contributed by atoms with Gasteiger partial charge in [0.15, 0.2) is 6.04 Å². The number of carboxylic acids is 1. The van der Waals surface area contributed by atoms with E-state index in [9.17, 15) is 18.8 Å². The van der Waals surface area contributed by atoms with Crippen LogP contribution in [0, 0.1) is 12.8 Å². The summed E-state index contributed by atoms with van der Waals surface area (Å²) in [6, 6.07) is 4.25. The van der Waals surface area contributed by atoms with Gasteiger partial charge in [-0.1, -0.05) is 31.5 Å². The minimum absolute atomic E-state index is 0.294. The van der Waals surface area contributed by atoms with Gasteiger partial charge in [-0.05, 0) is 25.0 Å². The Morgan fingerprint density at radius 1 is 1.22 bits per heavy atom. The predicted molar refractivity (Wildman–Crippen MR) is 82.8 cm³/mol. The van der Waals surface area contributed by atoms with Gasteiger partial charge in [0.25, 0.3) is 5.91 Å². The highest BCUT2D eigenvalue weighted by Crippen LogP contribution is 2.08. The van der Waals surface area contributed by atoms with Crippen molar-refractivity contribution in [2.45, 2.75) is 32.9 Å². The fourth-order valence-corrected chi connectivity index (χ4v) is 1.97. The molecule has 0 aromatic heterocycles. The molecule has 23 heavy (non-hydrogen) atoms. The number of carbonyl (C=O) groups excluding carboxylic acids is 2. The molecule has 0 aliphatic carbocycles. The second-order valence-corrected chi connectivity index (χ2v) is 5.62. The molecule has 0 heterocycles. The Kier molecular flexibility index (Phi) is 6.68. The number of hydrogen-bond acceptors (Lipinski definition) is 3. The molecule has 0 aliphatic heterocycles. The number of rotatable bonds is 7. The van der Waals surface area contributed by atoms with Crippen LogP contribution in [0.5, 0.6) is 0 Å². The maximum absolute atomic E-state index is 12.6. The monoisotopic (exact) mass is 324 g/mol. The van der Waals surface area contributed by atoms with Crippen LogP contribution in [-0.4, -0.2) is 41.6 Å². The van der Waals surface area contributed by atoms with E-state index in [2.05, 4.69) is 10.6 Å². The molecule has 2 amide bonds. The highest BCUT2D eigenvalue weighted by molar-refractivity contribution is 5.98. The second-order valence-electron chi connectivity index (χ2n) is 5.62. The number of amides is 2. The number of aliphatic carboxylic acids is 1. The minimum atomic E-state index is -1.63. The maximum atomic E-state index is 12.6. The van der Waals surface area contributed by atoms with E-state index in [0.29, 0.717) is 5.56 Å². The maximum Gasteiger partial charge on any atom is 0.328 e. The Hall–Kier alpha value is -2.44. The van der Waals surface area contributed by atoms with Gasteiger partial charge in [0.05, 0.1) is 0 Å². The van der Waals surface area contributed by atoms with Crippen LogP contribution >= 0.6 is 0 Å². The zero-order valence-electron chi connectivity index (χ0n) is 13.3. The van der Waals surface area contributed by atoms with Crippen LogP contribution in [0.15, 0.2) is 24.3 Å². The highest BCUT2D eigenvalue weighted by atomic mass is 19.1. The van der Waals surface area contributed by atoms with Gasteiger partial charge in [0, 0.05) is 5.56 Å². The number of aryl methyl sites for hydroxylation is 1. The summed E-state index contributed by atoms with van der Waals surface area (Å²) in [4.78, 5) is 35.2. The van der Waals surface area contributed by atoms with E-state index in [1.807, 2.05) is 13.0 Å². The van der Waals surface area contributed by atoms with E-state index < -0.39 is 36.5 Å². The topological polar surface area (TPSA) is 95.5 Å². The lowest BCUT2D eigenvalue weighted by Gasteiger charge is -2.23. The normalized spacial score (nSPS) is 13.3. The Morgan fingerprint density at radius 2 is 1.87 bits per heavy atom. The molecule has 2 unspecified atom stereocenters. The Balaban J connectivity index is 2.84. The molecule has 1 aromatic rings. The van der Waals surface area contributed by atoms with Crippen LogP contribution in [0.1, 0.15) is 29.8 Å². The van der Waals surface area contributed by atoms with Gasteiger partial charge in [-0.15, -0.1) is 0 Å². The quantitative estimate of drug-likeness (QED) is 0.704. The van der Waals surface area contributed by atoms with E-state index >= 15 is 0 Å². The van der Waals surface area contributed by atoms with E-state index in [-0.39, 0.29) is 5.92 Å². The third-order valence-corrected chi connectivity index (χ3v) is 3.28. The van der Waals surface area contributed by atoms with E-state index in [1.165, 1.54) is 0 Å². The zero-order chi connectivity index (χ0) is 17.6. The molecule has 7 heteroatoms. The first-order chi connectivity index (χ1) is 10.8. The standard InChI is InChI=1S/C16H21FN2O4/c1-9(2)13(15(21)18-12(8-17)16(22)23)19-14(20)11-6-4-5-10(3)7-11/h4-7,9,12-13H,8H2,1-3H3,(H,18,21)(H,19,20)(H,22,23). The number of carboxylic acid groups (broad SMARTS) is 1. The molecule has 1 aromatic carbocycles. The van der Waals surface area contributed by atoms with Gasteiger partial charge in [0.2, 0.25) is 5.91 Å². The van der Waals surface area contributed by atoms with Gasteiger partial charge in [-0.25, -0.2) is 9.18 Å². The first-order valence-electron chi connectivity index (χ1n) is 7.23. The summed E-state index contributed by atoms with van der Waals surface area (Å²) in [5.41, 5.74) is 1.29. The van der Waals surface area contributed by atoms with Crippen molar-refractivity contribution >= 4 is 17.8 Å². The molecule has 0 saturated carbocycles. The molecular weight excluding hydrogens is 303 g/mol. The molecule has 0 fully saturated rings. The van der Waals surface area contributed by atoms with Crippen LogP contribution in [0.3, 0.4) is 0 Å². The average Bonchev–Trinajstić information content (AvgIpc) is 2.49. The van der Waals surface area contributed by atoms with Crippen molar-refractivity contribution in [3.05, 3.63) is 35.4 Å². The summed E-state index contributed by atoms with van der Waals surface area (Å²) >= 11 is 0. The van der Waals surface area contributed by atoms with Crippen LogP contribution in [0.4, 0.5) is 4.39 Å². The van der Waals surface area contributed by atoms with Crippen molar-refractivity contribution < 1.29 is 23.9 Å². The SMILES string of the molecule is Cc1cccc(C(=O)NC(C(=O)NC(CF)C(=O)O)C(C)C)c1. The lowest BCUT2D eigenvalue weighted by Crippen LogP contribution is -2.54. The number of nitrogens with one attached hydrogen (secondary N) is 2. The predicted octanol–water partition coefficient (Wildman–Crippen LogP) is 1.29. The lowest BCUT2D eigenvalue weighted by atomic mass is 10.0. The van der Waals surface area contributed by atoms with E-state index in [0.717, 1.165) is 5.56 Å². The summed E-state index contributed by atoms with van der Waals surface area (Å²) in [5, 5.41) is 13.4. The highest BCUT2D eigenvalue weighted by Gasteiger charge is 2.28. The van der Waals surface area contributed by atoms with Crippen LogP contribution in [0.25, 0.3) is 0 Å². The Morgan fingerprint density at radius 3 is 2.35 bits per heavy atom. The Bertz CT molecular complexity index is 589. The number of alkyl halides is 1. The van der Waals surface area contributed by atoms with Gasteiger partial charge >= 0.3 is 5.97 Å². The molecule has 0 radical (unpaired) electrons. The van der Waals surface area contributed by atoms with Crippen molar-refractivity contribution in [3.8, 4) is 0 Å². The average molecular weight is 324 g/mol. The van der Waals surface area contributed by atoms with Gasteiger partial charge in [-0.2, -0.15) is 0 Å². The first kappa shape index (κ1) is 18.6. The van der Waals surface area contributed by atoms with Gasteiger partial charge in [0.1, 0.15) is 12.7 Å². The van der Waals surface area contributed by atoms with Crippen molar-refractivity contribution in [3.63, 3.8) is 0 Å². The summed E-state index contributed by atoms with van der Waals surface area (Å²) in [5.74, 6) is -2.94. The lowest BCUT2D eigenvalue weighted by molar-refractivity contribution is -0.142. The number of carbonyl (C=O) groups is 3. The largest absolute Gasteiger partial charge is 0.480 e. The summed E-state index contributed by atoms with van der Waals surface area (Å²) < 4.78 is 12.6. The molecule has 6 nitrogen and oxygen atoms in total. The van der Waals surface area contributed by atoms with Gasteiger partial charge in [-0.3, -0.25) is 9.59 Å². The second kappa shape index (κ2) is 8.26. The molecular formula is C16H21FN2O4. The summed E-state index contributed by atoms with van der Waals surface area (Å²) in [6.45, 7) is 4.01. The number of benzene rings is 1. The summed E-state index contributed by atoms with van der Waals surface area (Å²) in [7, 11) is 0. The van der Waals surface area contributed by atoms with Crippen molar-refractivity contribution in [1.82, 2.24) is 10.6 Å². The van der Waals surface area contributed by atoms with Crippen LogP contribution in [0.2, 0.25) is 0 Å². The molecule has 2 atom stereocenters.